The summed E-state index contributed by atoms with van der Waals surface area (Å²) in [6.45, 7) is 10.1. The molecule has 0 spiro atoms. The molecule has 1 nitrogen and oxygen atoms in total. The molecule has 0 saturated heterocycles. The van der Waals surface area contributed by atoms with E-state index in [2.05, 4.69) is 50.9 Å². The summed E-state index contributed by atoms with van der Waals surface area (Å²) in [5.74, 6) is 0.483. The van der Waals surface area contributed by atoms with Crippen LogP contribution in [0.15, 0.2) is 47.9 Å². The zero-order valence-electron chi connectivity index (χ0n) is 8.59. The van der Waals surface area contributed by atoms with Gasteiger partial charge in [0.15, 0.2) is 0 Å². The predicted molar refractivity (Wildman–Crippen MR) is 58.1 cm³/mol. The van der Waals surface area contributed by atoms with Gasteiger partial charge >= 0.3 is 0 Å². The second kappa shape index (κ2) is 4.13. The molecule has 1 N–H and O–H groups in total. The maximum atomic E-state index is 3.67. The molecule has 1 heteroatoms. The van der Waals surface area contributed by atoms with Crippen LogP contribution in [0.3, 0.4) is 0 Å². The van der Waals surface area contributed by atoms with E-state index in [0.29, 0.717) is 5.92 Å². The van der Waals surface area contributed by atoms with Crippen molar-refractivity contribution in [3.63, 3.8) is 0 Å². The van der Waals surface area contributed by atoms with E-state index < -0.39 is 0 Å². The lowest BCUT2D eigenvalue weighted by Gasteiger charge is -2.07. The molecule has 1 unspecified atom stereocenters. The molecule has 0 aliphatic heterocycles. The van der Waals surface area contributed by atoms with E-state index in [1.165, 1.54) is 11.1 Å². The highest BCUT2D eigenvalue weighted by Crippen LogP contribution is 2.18. The molecule has 0 radical (unpaired) electrons. The summed E-state index contributed by atoms with van der Waals surface area (Å²) in [5, 5.41) is 3.15. The maximum Gasteiger partial charge on any atom is 0.0374 e. The van der Waals surface area contributed by atoms with Gasteiger partial charge < -0.3 is 5.32 Å². The summed E-state index contributed by atoms with van der Waals surface area (Å²) >= 11 is 0. The average Bonchev–Trinajstić information content (AvgIpc) is 2.12. The van der Waals surface area contributed by atoms with Crippen LogP contribution < -0.4 is 5.32 Å². The van der Waals surface area contributed by atoms with Crippen LogP contribution in [0.5, 0.6) is 0 Å². The maximum absolute atomic E-state index is 3.67. The number of nitrogens with one attached hydrogen (secondary N) is 1. The topological polar surface area (TPSA) is 12.0 Å². The first kappa shape index (κ1) is 9.85. The first-order valence-corrected chi connectivity index (χ1v) is 4.60. The van der Waals surface area contributed by atoms with Crippen LogP contribution >= 0.6 is 0 Å². The minimum atomic E-state index is 0.483. The Morgan fingerprint density at radius 1 is 1.38 bits per heavy atom. The molecule has 0 heterocycles. The largest absolute Gasteiger partial charge is 0.362 e. The van der Waals surface area contributed by atoms with Crippen molar-refractivity contribution < 1.29 is 0 Å². The molecule has 0 fully saturated rings. The zero-order valence-corrected chi connectivity index (χ0v) is 8.59. The Labute approximate surface area is 80.5 Å². The fourth-order valence-corrected chi connectivity index (χ4v) is 1.60. The highest BCUT2D eigenvalue weighted by molar-refractivity contribution is 5.38. The van der Waals surface area contributed by atoms with Crippen LogP contribution in [-0.2, 0) is 0 Å². The molecule has 1 atom stereocenters. The van der Waals surface area contributed by atoms with Gasteiger partial charge in [-0.3, -0.25) is 0 Å². The zero-order chi connectivity index (χ0) is 9.84. The van der Waals surface area contributed by atoms with Crippen molar-refractivity contribution in [1.29, 1.82) is 0 Å². The minimum Gasteiger partial charge on any atom is -0.362 e. The van der Waals surface area contributed by atoms with Crippen molar-refractivity contribution >= 4 is 0 Å². The quantitative estimate of drug-likeness (QED) is 0.679. The van der Waals surface area contributed by atoms with E-state index in [9.17, 15) is 0 Å². The third-order valence-corrected chi connectivity index (χ3v) is 2.08. The van der Waals surface area contributed by atoms with Gasteiger partial charge in [-0.05, 0) is 31.5 Å². The standard InChI is InChI=1S/C12H17N/c1-5-13-12-8-10(3)6-9(2)7-11(12)4/h5-8,10,13H,1H2,2-4H3. The first-order chi connectivity index (χ1) is 6.13. The van der Waals surface area contributed by atoms with Crippen molar-refractivity contribution in [2.75, 3.05) is 0 Å². The van der Waals surface area contributed by atoms with Crippen LogP contribution in [0.1, 0.15) is 20.8 Å². The van der Waals surface area contributed by atoms with E-state index in [1.807, 2.05) is 0 Å². The second-order valence-electron chi connectivity index (χ2n) is 3.53. The molecule has 13 heavy (non-hydrogen) atoms. The molecular weight excluding hydrogens is 158 g/mol. The molecule has 0 bridgehead atoms. The average molecular weight is 175 g/mol. The Bertz CT molecular complexity index is 292. The van der Waals surface area contributed by atoms with Crippen molar-refractivity contribution in [1.82, 2.24) is 5.32 Å². The van der Waals surface area contributed by atoms with Crippen molar-refractivity contribution in [3.05, 3.63) is 47.9 Å². The molecule has 1 aliphatic carbocycles. The van der Waals surface area contributed by atoms with E-state index in [1.54, 1.807) is 6.20 Å². The smallest absolute Gasteiger partial charge is 0.0374 e. The van der Waals surface area contributed by atoms with Gasteiger partial charge in [-0.1, -0.05) is 37.3 Å². The lowest BCUT2D eigenvalue weighted by Crippen LogP contribution is -2.06. The van der Waals surface area contributed by atoms with Gasteiger partial charge in [-0.15, -0.1) is 0 Å². The van der Waals surface area contributed by atoms with E-state index in [-0.39, 0.29) is 0 Å². The SMILES string of the molecule is C=CNC1=CC(C)C=C(C)C=C1C. The molecular formula is C12H17N. The molecule has 70 valence electrons. The fraction of sp³-hybridized carbons (Fsp3) is 0.333. The minimum absolute atomic E-state index is 0.483. The molecule has 0 saturated carbocycles. The summed E-state index contributed by atoms with van der Waals surface area (Å²) in [5.41, 5.74) is 3.75. The first-order valence-electron chi connectivity index (χ1n) is 4.60. The predicted octanol–water partition coefficient (Wildman–Crippen LogP) is 3.15. The van der Waals surface area contributed by atoms with E-state index >= 15 is 0 Å². The number of allylic oxidation sites excluding steroid dienone is 5. The third kappa shape index (κ3) is 2.62. The molecule has 0 aromatic carbocycles. The molecule has 1 rings (SSSR count). The van der Waals surface area contributed by atoms with Gasteiger partial charge in [0.1, 0.15) is 0 Å². The Balaban J connectivity index is 2.97. The number of hydrogen-bond donors (Lipinski definition) is 1. The van der Waals surface area contributed by atoms with Gasteiger partial charge in [0.05, 0.1) is 0 Å². The number of hydrogen-bond acceptors (Lipinski definition) is 1. The summed E-state index contributed by atoms with van der Waals surface area (Å²) in [6, 6.07) is 0. The summed E-state index contributed by atoms with van der Waals surface area (Å²) in [4.78, 5) is 0. The summed E-state index contributed by atoms with van der Waals surface area (Å²) in [6.07, 6.45) is 8.37. The van der Waals surface area contributed by atoms with Crippen LogP contribution in [0.25, 0.3) is 0 Å². The van der Waals surface area contributed by atoms with Crippen LogP contribution in [0.2, 0.25) is 0 Å². The monoisotopic (exact) mass is 175 g/mol. The highest BCUT2D eigenvalue weighted by atomic mass is 14.8. The summed E-state index contributed by atoms with van der Waals surface area (Å²) < 4.78 is 0. The van der Waals surface area contributed by atoms with Crippen molar-refractivity contribution in [3.8, 4) is 0 Å². The Morgan fingerprint density at radius 2 is 2.08 bits per heavy atom. The van der Waals surface area contributed by atoms with Crippen LogP contribution in [0, 0.1) is 5.92 Å². The summed E-state index contributed by atoms with van der Waals surface area (Å²) in [7, 11) is 0. The molecule has 0 aromatic rings. The van der Waals surface area contributed by atoms with Crippen LogP contribution in [-0.4, -0.2) is 0 Å². The molecule has 0 amide bonds. The normalized spacial score (nSPS) is 22.4. The van der Waals surface area contributed by atoms with Gasteiger partial charge in [0.25, 0.3) is 0 Å². The second-order valence-corrected chi connectivity index (χ2v) is 3.53. The van der Waals surface area contributed by atoms with E-state index in [0.717, 1.165) is 5.70 Å². The Kier molecular flexibility index (Phi) is 3.13. The van der Waals surface area contributed by atoms with Gasteiger partial charge in [-0.2, -0.15) is 0 Å². The van der Waals surface area contributed by atoms with Crippen LogP contribution in [0.4, 0.5) is 0 Å². The molecule has 1 aliphatic rings. The van der Waals surface area contributed by atoms with Gasteiger partial charge in [0.2, 0.25) is 0 Å². The highest BCUT2D eigenvalue weighted by Gasteiger charge is 2.05. The van der Waals surface area contributed by atoms with Crippen molar-refractivity contribution in [2.24, 2.45) is 5.92 Å². The van der Waals surface area contributed by atoms with Gasteiger partial charge in [0, 0.05) is 5.70 Å². The Morgan fingerprint density at radius 3 is 2.69 bits per heavy atom. The third-order valence-electron chi connectivity index (χ3n) is 2.08. The lowest BCUT2D eigenvalue weighted by atomic mass is 10.1. The Hall–Kier alpha value is -1.24. The molecule has 0 aromatic heterocycles. The van der Waals surface area contributed by atoms with Crippen molar-refractivity contribution in [2.45, 2.75) is 20.8 Å². The van der Waals surface area contributed by atoms with Gasteiger partial charge in [-0.25, -0.2) is 0 Å². The fourth-order valence-electron chi connectivity index (χ4n) is 1.60. The lowest BCUT2D eigenvalue weighted by molar-refractivity contribution is 0.904. The number of rotatable bonds is 2. The van der Waals surface area contributed by atoms with E-state index in [4.69, 9.17) is 0 Å².